The number of morpholine rings is 1. The van der Waals surface area contributed by atoms with Gasteiger partial charge in [0.15, 0.2) is 6.10 Å². The van der Waals surface area contributed by atoms with E-state index in [4.69, 9.17) is 14.6 Å². The third kappa shape index (κ3) is 3.68. The van der Waals surface area contributed by atoms with Gasteiger partial charge in [0.2, 0.25) is 5.91 Å². The van der Waals surface area contributed by atoms with Gasteiger partial charge in [-0.25, -0.2) is 4.79 Å². The first kappa shape index (κ1) is 15.2. The Kier molecular flexibility index (Phi) is 5.33. The van der Waals surface area contributed by atoms with Crippen molar-refractivity contribution in [1.29, 1.82) is 0 Å². The fraction of sp³-hybridized carbons (Fsp3) is 0.846. The molecule has 20 heavy (non-hydrogen) atoms. The number of ether oxygens (including phenoxy) is 2. The van der Waals surface area contributed by atoms with Gasteiger partial charge in [-0.2, -0.15) is 0 Å². The zero-order chi connectivity index (χ0) is 14.5. The van der Waals surface area contributed by atoms with Crippen molar-refractivity contribution in [3.05, 3.63) is 0 Å². The molecule has 0 aromatic carbocycles. The second-order valence-corrected chi connectivity index (χ2v) is 5.14. The summed E-state index contributed by atoms with van der Waals surface area (Å²) in [6, 6.07) is -0.309. The van der Waals surface area contributed by atoms with Crippen molar-refractivity contribution in [3.63, 3.8) is 0 Å². The highest BCUT2D eigenvalue weighted by atomic mass is 16.5. The van der Waals surface area contributed by atoms with E-state index < -0.39 is 12.1 Å². The Morgan fingerprint density at radius 1 is 1.40 bits per heavy atom. The number of nitrogens with one attached hydrogen (secondary N) is 1. The van der Waals surface area contributed by atoms with E-state index in [0.29, 0.717) is 39.3 Å². The molecule has 0 aromatic rings. The van der Waals surface area contributed by atoms with E-state index in [9.17, 15) is 9.59 Å². The van der Waals surface area contributed by atoms with Crippen molar-refractivity contribution in [3.8, 4) is 0 Å². The zero-order valence-corrected chi connectivity index (χ0v) is 11.7. The van der Waals surface area contributed by atoms with Gasteiger partial charge in [0.25, 0.3) is 0 Å². The van der Waals surface area contributed by atoms with Gasteiger partial charge in [0.05, 0.1) is 19.3 Å². The lowest BCUT2D eigenvalue weighted by Gasteiger charge is -2.35. The topological polar surface area (TPSA) is 88.1 Å². The molecule has 3 unspecified atom stereocenters. The number of nitrogens with zero attached hydrogens (tertiary/aromatic N) is 1. The van der Waals surface area contributed by atoms with Gasteiger partial charge >= 0.3 is 5.97 Å². The van der Waals surface area contributed by atoms with E-state index in [0.717, 1.165) is 6.42 Å². The van der Waals surface area contributed by atoms with Crippen LogP contribution in [0.15, 0.2) is 0 Å². The molecule has 1 amide bonds. The van der Waals surface area contributed by atoms with E-state index in [2.05, 4.69) is 5.32 Å². The smallest absolute Gasteiger partial charge is 0.332 e. The zero-order valence-electron chi connectivity index (χ0n) is 11.7. The maximum absolute atomic E-state index is 12.0. The maximum atomic E-state index is 12.0. The van der Waals surface area contributed by atoms with Crippen molar-refractivity contribution in [1.82, 2.24) is 10.2 Å². The van der Waals surface area contributed by atoms with Crippen LogP contribution in [0.1, 0.15) is 19.8 Å². The molecular formula is C13H22N2O5. The Morgan fingerprint density at radius 2 is 2.20 bits per heavy atom. The number of hydrogen-bond acceptors (Lipinski definition) is 5. The van der Waals surface area contributed by atoms with Crippen LogP contribution in [-0.2, 0) is 19.1 Å². The minimum atomic E-state index is -0.908. The average Bonchev–Trinajstić information content (AvgIpc) is 2.88. The number of carbonyl (C=O) groups is 2. The first-order valence-electron chi connectivity index (χ1n) is 7.09. The van der Waals surface area contributed by atoms with E-state index in [1.54, 1.807) is 0 Å². The highest BCUT2D eigenvalue weighted by Gasteiger charge is 2.35. The number of rotatable bonds is 5. The van der Waals surface area contributed by atoms with E-state index in [1.807, 2.05) is 11.8 Å². The quantitative estimate of drug-likeness (QED) is 0.705. The highest BCUT2D eigenvalue weighted by Crippen LogP contribution is 2.22. The molecule has 2 aliphatic heterocycles. The molecule has 0 bridgehead atoms. The van der Waals surface area contributed by atoms with Crippen LogP contribution in [0.25, 0.3) is 0 Å². The summed E-state index contributed by atoms with van der Waals surface area (Å²) in [5.41, 5.74) is 0. The van der Waals surface area contributed by atoms with E-state index in [1.165, 1.54) is 0 Å². The van der Waals surface area contributed by atoms with Crippen molar-refractivity contribution >= 4 is 11.9 Å². The van der Waals surface area contributed by atoms with Crippen LogP contribution in [0, 0.1) is 0 Å². The van der Waals surface area contributed by atoms with Crippen molar-refractivity contribution in [2.75, 3.05) is 32.8 Å². The molecule has 7 nitrogen and oxygen atoms in total. The summed E-state index contributed by atoms with van der Waals surface area (Å²) in [5, 5.41) is 11.7. The fourth-order valence-electron chi connectivity index (χ4n) is 2.67. The molecule has 2 N–H and O–H groups in total. The molecule has 2 heterocycles. The van der Waals surface area contributed by atoms with Gasteiger partial charge < -0.3 is 19.9 Å². The summed E-state index contributed by atoms with van der Waals surface area (Å²) >= 11 is 0. The van der Waals surface area contributed by atoms with Gasteiger partial charge in [-0.3, -0.25) is 9.69 Å². The predicted octanol–water partition coefficient (Wildman–Crippen LogP) is -0.544. The number of carboxylic acids is 1. The summed E-state index contributed by atoms with van der Waals surface area (Å²) < 4.78 is 10.9. The minimum absolute atomic E-state index is 0.0417. The maximum Gasteiger partial charge on any atom is 0.332 e. The first-order chi connectivity index (χ1) is 9.61. The monoisotopic (exact) mass is 286 g/mol. The third-order valence-electron chi connectivity index (χ3n) is 3.71. The van der Waals surface area contributed by atoms with E-state index >= 15 is 0 Å². The van der Waals surface area contributed by atoms with Gasteiger partial charge in [-0.05, 0) is 19.8 Å². The lowest BCUT2D eigenvalue weighted by atomic mass is 10.1. The van der Waals surface area contributed by atoms with Gasteiger partial charge in [-0.1, -0.05) is 0 Å². The molecule has 7 heteroatoms. The number of hydrogen-bond donors (Lipinski definition) is 2. The van der Waals surface area contributed by atoms with Gasteiger partial charge in [0.1, 0.15) is 6.04 Å². The summed E-state index contributed by atoms with van der Waals surface area (Å²) in [4.78, 5) is 24.9. The Balaban J connectivity index is 1.89. The van der Waals surface area contributed by atoms with Gasteiger partial charge in [0, 0.05) is 19.6 Å². The Bertz CT molecular complexity index is 363. The van der Waals surface area contributed by atoms with Crippen LogP contribution in [0.4, 0.5) is 0 Å². The van der Waals surface area contributed by atoms with Gasteiger partial charge in [-0.15, -0.1) is 0 Å². The molecule has 0 spiro atoms. The number of carboxylic acid groups (broad SMARTS) is 1. The lowest BCUT2D eigenvalue weighted by molar-refractivity contribution is -0.151. The van der Waals surface area contributed by atoms with Crippen molar-refractivity contribution in [2.24, 2.45) is 0 Å². The third-order valence-corrected chi connectivity index (χ3v) is 3.71. The number of carbonyl (C=O) groups excluding carboxylic acids is 1. The SMILES string of the molecule is CCNC(=O)C1COCCN1CC1CCC(C(=O)O)O1. The summed E-state index contributed by atoms with van der Waals surface area (Å²) in [6.45, 7) is 4.67. The Hall–Kier alpha value is -1.18. The largest absolute Gasteiger partial charge is 0.479 e. The van der Waals surface area contributed by atoms with Crippen molar-refractivity contribution in [2.45, 2.75) is 38.0 Å². The van der Waals surface area contributed by atoms with Crippen LogP contribution in [0.3, 0.4) is 0 Å². The molecular weight excluding hydrogens is 264 g/mol. The van der Waals surface area contributed by atoms with Crippen LogP contribution in [0.5, 0.6) is 0 Å². The second-order valence-electron chi connectivity index (χ2n) is 5.14. The highest BCUT2D eigenvalue weighted by molar-refractivity contribution is 5.82. The molecule has 2 saturated heterocycles. The standard InChI is InChI=1S/C13H22N2O5/c1-2-14-12(16)10-8-19-6-5-15(10)7-9-3-4-11(20-9)13(17)18/h9-11H,2-8H2,1H3,(H,14,16)(H,17,18). The second kappa shape index (κ2) is 7.01. The Morgan fingerprint density at radius 3 is 2.85 bits per heavy atom. The van der Waals surface area contributed by atoms with Crippen LogP contribution >= 0.6 is 0 Å². The van der Waals surface area contributed by atoms with Crippen LogP contribution in [0.2, 0.25) is 0 Å². The fourth-order valence-corrected chi connectivity index (χ4v) is 2.67. The van der Waals surface area contributed by atoms with Crippen molar-refractivity contribution < 1.29 is 24.2 Å². The predicted molar refractivity (Wildman–Crippen MR) is 70.4 cm³/mol. The summed E-state index contributed by atoms with van der Waals surface area (Å²) in [6.07, 6.45) is 0.433. The molecule has 114 valence electrons. The average molecular weight is 286 g/mol. The number of amides is 1. The molecule has 2 aliphatic rings. The molecule has 2 fully saturated rings. The normalized spacial score (nSPS) is 31.1. The summed E-state index contributed by atoms with van der Waals surface area (Å²) in [5.74, 6) is -0.949. The summed E-state index contributed by atoms with van der Waals surface area (Å²) in [7, 11) is 0. The van der Waals surface area contributed by atoms with Crippen LogP contribution in [-0.4, -0.2) is 73.0 Å². The molecule has 0 aromatic heterocycles. The first-order valence-corrected chi connectivity index (χ1v) is 7.09. The molecule has 0 radical (unpaired) electrons. The minimum Gasteiger partial charge on any atom is -0.479 e. The molecule has 0 saturated carbocycles. The molecule has 3 atom stereocenters. The molecule has 2 rings (SSSR count). The lowest BCUT2D eigenvalue weighted by Crippen LogP contribution is -2.55. The Labute approximate surface area is 118 Å². The van der Waals surface area contributed by atoms with Crippen LogP contribution < -0.4 is 5.32 Å². The van der Waals surface area contributed by atoms with E-state index in [-0.39, 0.29) is 18.1 Å². The number of likely N-dealkylation sites (N-methyl/N-ethyl adjacent to an activating group) is 1. The number of aliphatic carboxylic acids is 1. The molecule has 0 aliphatic carbocycles.